The first-order valence-electron chi connectivity index (χ1n) is 6.03. The Labute approximate surface area is 127 Å². The highest BCUT2D eigenvalue weighted by molar-refractivity contribution is 7.91. The van der Waals surface area contributed by atoms with E-state index in [1.165, 1.54) is 24.1 Å². The molecule has 0 atom stereocenters. The zero-order valence-electron chi connectivity index (χ0n) is 11.5. The number of nitrogens with zero attached hydrogens (tertiary/aromatic N) is 3. The predicted octanol–water partition coefficient (Wildman–Crippen LogP) is 2.19. The second-order valence-electron chi connectivity index (χ2n) is 4.26. The van der Waals surface area contributed by atoms with Crippen molar-refractivity contribution in [1.29, 1.82) is 0 Å². The third-order valence-electron chi connectivity index (χ3n) is 2.71. The molecule has 0 saturated carbocycles. The Bertz CT molecular complexity index is 764. The Hall–Kier alpha value is -1.86. The molecule has 2 aromatic rings. The van der Waals surface area contributed by atoms with E-state index in [1.54, 1.807) is 31.2 Å². The lowest BCUT2D eigenvalue weighted by Crippen LogP contribution is -2.12. The Morgan fingerprint density at radius 1 is 1.48 bits per heavy atom. The van der Waals surface area contributed by atoms with Crippen LogP contribution in [0.2, 0.25) is 0 Å². The van der Waals surface area contributed by atoms with Gasteiger partial charge in [0, 0.05) is 11.1 Å². The van der Waals surface area contributed by atoms with Crippen molar-refractivity contribution in [3.8, 4) is 11.4 Å². The number of hydrogen-bond acceptors (Lipinski definition) is 5. The number of allylic oxidation sites excluding steroid dienone is 1. The molecule has 1 aromatic carbocycles. The van der Waals surface area contributed by atoms with Crippen molar-refractivity contribution >= 4 is 21.4 Å². The highest BCUT2D eigenvalue weighted by Gasteiger charge is 2.21. The van der Waals surface area contributed by atoms with Crippen LogP contribution in [0, 0.1) is 0 Å². The maximum Gasteiger partial charge on any atom is 0.254 e. The molecular weight excluding hydrogens is 314 g/mol. The summed E-state index contributed by atoms with van der Waals surface area (Å²) in [5, 5.41) is 7.67. The Morgan fingerprint density at radius 2 is 2.24 bits per heavy atom. The van der Waals surface area contributed by atoms with E-state index in [1.807, 2.05) is 0 Å². The SMILES string of the molecule is COc1cccc(-n2cnnc2S(=O)(=O)C/C=C(/C)Cl)c1. The summed E-state index contributed by atoms with van der Waals surface area (Å²) in [4.78, 5) is 0. The zero-order chi connectivity index (χ0) is 15.5. The van der Waals surface area contributed by atoms with E-state index < -0.39 is 9.84 Å². The van der Waals surface area contributed by atoms with Crippen LogP contribution in [0.15, 0.2) is 46.9 Å². The van der Waals surface area contributed by atoms with Crippen LogP contribution in [-0.2, 0) is 9.84 Å². The third kappa shape index (κ3) is 3.62. The second-order valence-corrected chi connectivity index (χ2v) is 6.78. The van der Waals surface area contributed by atoms with Gasteiger partial charge in [0.25, 0.3) is 5.16 Å². The van der Waals surface area contributed by atoms with Crippen molar-refractivity contribution in [2.24, 2.45) is 0 Å². The van der Waals surface area contributed by atoms with Crippen molar-refractivity contribution in [2.45, 2.75) is 12.1 Å². The highest BCUT2D eigenvalue weighted by atomic mass is 35.5. The van der Waals surface area contributed by atoms with Gasteiger partial charge in [-0.25, -0.2) is 8.42 Å². The van der Waals surface area contributed by atoms with E-state index in [0.29, 0.717) is 16.5 Å². The number of hydrogen-bond donors (Lipinski definition) is 0. The summed E-state index contributed by atoms with van der Waals surface area (Å²) in [6.45, 7) is 1.61. The van der Waals surface area contributed by atoms with Crippen LogP contribution in [0.25, 0.3) is 5.69 Å². The number of methoxy groups -OCH3 is 1. The van der Waals surface area contributed by atoms with Gasteiger partial charge >= 0.3 is 0 Å². The monoisotopic (exact) mass is 327 g/mol. The van der Waals surface area contributed by atoms with Crippen LogP contribution in [0.1, 0.15) is 6.92 Å². The summed E-state index contributed by atoms with van der Waals surface area (Å²) in [5.74, 6) is 0.381. The quantitative estimate of drug-likeness (QED) is 0.841. The van der Waals surface area contributed by atoms with Crippen molar-refractivity contribution in [3.63, 3.8) is 0 Å². The van der Waals surface area contributed by atoms with Gasteiger partial charge < -0.3 is 4.74 Å². The molecule has 0 fully saturated rings. The smallest absolute Gasteiger partial charge is 0.254 e. The lowest BCUT2D eigenvalue weighted by molar-refractivity contribution is 0.414. The average molecular weight is 328 g/mol. The molecule has 0 N–H and O–H groups in total. The van der Waals surface area contributed by atoms with Gasteiger partial charge in [-0.3, -0.25) is 4.57 Å². The standard InChI is InChI=1S/C13H14ClN3O3S/c1-10(14)6-7-21(18,19)13-16-15-9-17(13)11-4-3-5-12(8-11)20-2/h3-6,8-9H,7H2,1-2H3/b10-6-. The fourth-order valence-corrected chi connectivity index (χ4v) is 3.08. The Balaban J connectivity index is 2.45. The van der Waals surface area contributed by atoms with Crippen molar-refractivity contribution in [1.82, 2.24) is 14.8 Å². The molecule has 0 aliphatic rings. The molecule has 8 heteroatoms. The maximum absolute atomic E-state index is 12.3. The molecule has 0 radical (unpaired) electrons. The van der Waals surface area contributed by atoms with Gasteiger partial charge in [0.2, 0.25) is 9.84 Å². The van der Waals surface area contributed by atoms with Crippen LogP contribution in [0.4, 0.5) is 0 Å². The van der Waals surface area contributed by atoms with E-state index in [9.17, 15) is 8.42 Å². The Morgan fingerprint density at radius 3 is 2.90 bits per heavy atom. The first-order chi connectivity index (χ1) is 9.94. The molecule has 6 nitrogen and oxygen atoms in total. The lowest BCUT2D eigenvalue weighted by Gasteiger charge is -2.08. The fraction of sp³-hybridized carbons (Fsp3) is 0.231. The summed E-state index contributed by atoms with van der Waals surface area (Å²) < 4.78 is 31.1. The minimum atomic E-state index is -3.62. The average Bonchev–Trinajstić information content (AvgIpc) is 2.96. The molecule has 2 rings (SSSR count). The third-order valence-corrected chi connectivity index (χ3v) is 4.30. The van der Waals surface area contributed by atoms with Gasteiger partial charge in [-0.05, 0) is 19.1 Å². The molecule has 0 aliphatic heterocycles. The Kier molecular flexibility index (Phi) is 4.64. The van der Waals surface area contributed by atoms with E-state index in [2.05, 4.69) is 10.2 Å². The summed E-state index contributed by atoms with van der Waals surface area (Å²) >= 11 is 5.68. The summed E-state index contributed by atoms with van der Waals surface area (Å²) in [6, 6.07) is 6.97. The maximum atomic E-state index is 12.3. The normalized spacial score (nSPS) is 12.4. The van der Waals surface area contributed by atoms with Gasteiger partial charge in [0.05, 0.1) is 18.6 Å². The first-order valence-corrected chi connectivity index (χ1v) is 8.06. The van der Waals surface area contributed by atoms with E-state index in [-0.39, 0.29) is 10.9 Å². The van der Waals surface area contributed by atoms with Crippen molar-refractivity contribution in [3.05, 3.63) is 41.7 Å². The number of ether oxygens (including phenoxy) is 1. The molecular formula is C13H14ClN3O3S. The molecule has 0 spiro atoms. The lowest BCUT2D eigenvalue weighted by atomic mass is 10.3. The van der Waals surface area contributed by atoms with Crippen LogP contribution < -0.4 is 4.74 Å². The van der Waals surface area contributed by atoms with E-state index in [4.69, 9.17) is 16.3 Å². The molecule has 0 bridgehead atoms. The van der Waals surface area contributed by atoms with Gasteiger partial charge in [0.15, 0.2) is 0 Å². The molecule has 112 valence electrons. The molecule has 0 amide bonds. The summed E-state index contributed by atoms with van der Waals surface area (Å²) in [5.41, 5.74) is 0.601. The predicted molar refractivity (Wildman–Crippen MR) is 79.6 cm³/mol. The minimum Gasteiger partial charge on any atom is -0.497 e. The van der Waals surface area contributed by atoms with Crippen molar-refractivity contribution in [2.75, 3.05) is 12.9 Å². The van der Waals surface area contributed by atoms with E-state index >= 15 is 0 Å². The zero-order valence-corrected chi connectivity index (χ0v) is 13.1. The summed E-state index contributed by atoms with van der Waals surface area (Å²) in [7, 11) is -2.08. The second kappa shape index (κ2) is 6.28. The van der Waals surface area contributed by atoms with Crippen LogP contribution in [-0.4, -0.2) is 36.0 Å². The van der Waals surface area contributed by atoms with Gasteiger partial charge in [-0.1, -0.05) is 23.7 Å². The highest BCUT2D eigenvalue weighted by Crippen LogP contribution is 2.20. The first kappa shape index (κ1) is 15.5. The number of benzene rings is 1. The minimum absolute atomic E-state index is 0.134. The molecule has 21 heavy (non-hydrogen) atoms. The number of rotatable bonds is 5. The van der Waals surface area contributed by atoms with Gasteiger partial charge in [0.1, 0.15) is 12.1 Å². The van der Waals surface area contributed by atoms with Gasteiger partial charge in [-0.15, -0.1) is 10.2 Å². The fourth-order valence-electron chi connectivity index (χ4n) is 1.67. The number of halogens is 1. The van der Waals surface area contributed by atoms with Crippen LogP contribution in [0.5, 0.6) is 5.75 Å². The van der Waals surface area contributed by atoms with Gasteiger partial charge in [-0.2, -0.15) is 0 Å². The summed E-state index contributed by atoms with van der Waals surface area (Å²) in [6.07, 6.45) is 2.76. The number of aromatic nitrogens is 3. The molecule has 0 aliphatic carbocycles. The largest absolute Gasteiger partial charge is 0.497 e. The molecule has 0 saturated heterocycles. The molecule has 1 aromatic heterocycles. The topological polar surface area (TPSA) is 74.1 Å². The van der Waals surface area contributed by atoms with Crippen LogP contribution in [0.3, 0.4) is 0 Å². The number of sulfone groups is 1. The van der Waals surface area contributed by atoms with E-state index in [0.717, 1.165) is 0 Å². The van der Waals surface area contributed by atoms with Crippen molar-refractivity contribution < 1.29 is 13.2 Å². The molecule has 0 unspecified atom stereocenters. The molecule has 1 heterocycles. The van der Waals surface area contributed by atoms with Crippen LogP contribution >= 0.6 is 11.6 Å².